The molecule has 1 unspecified atom stereocenters. The fourth-order valence-electron chi connectivity index (χ4n) is 2.81. The standard InChI is InChI=1S/C21H35ClNO4P/c1-3-4-5-6-7-8-9-10-11-15-18-26-21(24)19(2)23-28(22,25)27-20-16-13-12-14-17-20/h12-14,16-17,19H,3-11,15,18H2,1-2H3,(H,23,25)/t19-,28?/m0/s1. The second-order valence-corrected chi connectivity index (χ2v) is 9.82. The monoisotopic (exact) mass is 431 g/mol. The Balaban J connectivity index is 2.09. The highest BCUT2D eigenvalue weighted by molar-refractivity contribution is 7.84. The molecule has 0 amide bonds. The lowest BCUT2D eigenvalue weighted by atomic mass is 10.1. The van der Waals surface area contributed by atoms with E-state index in [2.05, 4.69) is 12.0 Å². The van der Waals surface area contributed by atoms with Crippen LogP contribution in [0.25, 0.3) is 0 Å². The molecule has 0 saturated carbocycles. The van der Waals surface area contributed by atoms with E-state index >= 15 is 0 Å². The molecular weight excluding hydrogens is 397 g/mol. The van der Waals surface area contributed by atoms with Gasteiger partial charge in [-0.15, -0.1) is 0 Å². The van der Waals surface area contributed by atoms with E-state index in [4.69, 9.17) is 20.5 Å². The van der Waals surface area contributed by atoms with Crippen molar-refractivity contribution in [1.29, 1.82) is 0 Å². The third kappa shape index (κ3) is 12.4. The van der Waals surface area contributed by atoms with E-state index in [9.17, 15) is 9.36 Å². The first-order valence-corrected chi connectivity index (χ1v) is 13.0. The highest BCUT2D eigenvalue weighted by Gasteiger charge is 2.27. The predicted octanol–water partition coefficient (Wildman–Crippen LogP) is 6.85. The number of para-hydroxylation sites is 1. The average Bonchev–Trinajstić information content (AvgIpc) is 2.66. The molecule has 0 bridgehead atoms. The lowest BCUT2D eigenvalue weighted by molar-refractivity contribution is -0.145. The Morgan fingerprint density at radius 1 is 1.00 bits per heavy atom. The van der Waals surface area contributed by atoms with Crippen LogP contribution in [0.4, 0.5) is 0 Å². The van der Waals surface area contributed by atoms with Gasteiger partial charge >= 0.3 is 12.8 Å². The highest BCUT2D eigenvalue weighted by atomic mass is 35.7. The van der Waals surface area contributed by atoms with Crippen LogP contribution in [0.5, 0.6) is 5.75 Å². The number of hydrogen-bond acceptors (Lipinski definition) is 4. The number of carbonyl (C=O) groups is 1. The van der Waals surface area contributed by atoms with Gasteiger partial charge in [-0.05, 0) is 25.5 Å². The van der Waals surface area contributed by atoms with Gasteiger partial charge in [0.2, 0.25) is 0 Å². The van der Waals surface area contributed by atoms with Gasteiger partial charge in [-0.1, -0.05) is 82.9 Å². The van der Waals surface area contributed by atoms with Crippen molar-refractivity contribution in [2.24, 2.45) is 0 Å². The minimum Gasteiger partial charge on any atom is -0.465 e. The topological polar surface area (TPSA) is 64.6 Å². The molecule has 0 radical (unpaired) electrons. The summed E-state index contributed by atoms with van der Waals surface area (Å²) >= 11 is 5.90. The molecule has 7 heteroatoms. The summed E-state index contributed by atoms with van der Waals surface area (Å²) in [6.07, 6.45) is 12.2. The van der Waals surface area contributed by atoms with Crippen LogP contribution in [0.3, 0.4) is 0 Å². The molecule has 1 aromatic carbocycles. The van der Waals surface area contributed by atoms with Crippen molar-refractivity contribution >= 4 is 24.1 Å². The molecule has 0 saturated heterocycles. The van der Waals surface area contributed by atoms with E-state index < -0.39 is 18.9 Å². The molecule has 1 N–H and O–H groups in total. The Morgan fingerprint density at radius 3 is 2.11 bits per heavy atom. The van der Waals surface area contributed by atoms with Crippen LogP contribution in [0.15, 0.2) is 30.3 Å². The van der Waals surface area contributed by atoms with Crippen LogP contribution in [-0.4, -0.2) is 18.6 Å². The number of carbonyl (C=O) groups excluding carboxylic acids is 1. The van der Waals surface area contributed by atoms with Crippen LogP contribution in [0, 0.1) is 0 Å². The van der Waals surface area contributed by atoms with Gasteiger partial charge in [-0.2, -0.15) is 0 Å². The number of esters is 1. The fourth-order valence-corrected chi connectivity index (χ4v) is 4.51. The predicted molar refractivity (Wildman–Crippen MR) is 116 cm³/mol. The van der Waals surface area contributed by atoms with E-state index in [1.165, 1.54) is 51.4 Å². The number of unbranched alkanes of at least 4 members (excludes halogenated alkanes) is 9. The Kier molecular flexibility index (Phi) is 13.3. The lowest BCUT2D eigenvalue weighted by Crippen LogP contribution is -2.33. The third-order valence-electron chi connectivity index (χ3n) is 4.41. The maximum atomic E-state index is 12.3. The van der Waals surface area contributed by atoms with E-state index in [1.807, 2.05) is 6.07 Å². The molecule has 160 valence electrons. The second-order valence-electron chi connectivity index (χ2n) is 7.08. The van der Waals surface area contributed by atoms with E-state index in [0.29, 0.717) is 12.4 Å². The molecule has 0 aliphatic rings. The first kappa shape index (κ1) is 25.0. The molecule has 2 atom stereocenters. The normalized spacial score (nSPS) is 14.2. The van der Waals surface area contributed by atoms with Gasteiger partial charge in [0.1, 0.15) is 11.8 Å². The molecule has 0 aliphatic carbocycles. The maximum absolute atomic E-state index is 12.3. The Bertz CT molecular complexity index is 585. The van der Waals surface area contributed by atoms with Crippen LogP contribution < -0.4 is 9.61 Å². The number of nitrogens with one attached hydrogen (secondary N) is 1. The van der Waals surface area contributed by atoms with E-state index in [0.717, 1.165) is 12.8 Å². The smallest absolute Gasteiger partial charge is 0.409 e. The SMILES string of the molecule is CCCCCCCCCCCCOC(=O)[C@H](C)NP(=O)(Cl)Oc1ccccc1. The second kappa shape index (κ2) is 14.9. The Hall–Kier alpha value is -1.03. The van der Waals surface area contributed by atoms with Crippen molar-refractivity contribution < 1.29 is 18.6 Å². The molecule has 1 aromatic rings. The molecule has 28 heavy (non-hydrogen) atoms. The Labute approximate surface area is 174 Å². The van der Waals surface area contributed by atoms with E-state index in [-0.39, 0.29) is 0 Å². The molecule has 0 aromatic heterocycles. The summed E-state index contributed by atoms with van der Waals surface area (Å²) in [5, 5.41) is 2.52. The molecule has 0 aliphatic heterocycles. The summed E-state index contributed by atoms with van der Waals surface area (Å²) in [5.41, 5.74) is 0. The quantitative estimate of drug-likeness (QED) is 0.176. The van der Waals surface area contributed by atoms with Gasteiger partial charge in [0, 0.05) is 11.2 Å². The first-order valence-electron chi connectivity index (χ1n) is 10.4. The molecule has 1 rings (SSSR count). The summed E-state index contributed by atoms with van der Waals surface area (Å²) < 4.78 is 22.8. The Morgan fingerprint density at radius 2 is 1.54 bits per heavy atom. The minimum absolute atomic E-state index is 0.369. The number of benzene rings is 1. The largest absolute Gasteiger partial charge is 0.465 e. The van der Waals surface area contributed by atoms with Gasteiger partial charge < -0.3 is 9.26 Å². The molecule has 0 heterocycles. The van der Waals surface area contributed by atoms with Crippen molar-refractivity contribution in [1.82, 2.24) is 5.09 Å². The molecular formula is C21H35ClNO4P. The summed E-state index contributed by atoms with van der Waals surface area (Å²) in [7, 11) is 0. The third-order valence-corrected chi connectivity index (χ3v) is 6.05. The molecule has 5 nitrogen and oxygen atoms in total. The zero-order chi connectivity index (χ0) is 20.7. The molecule has 0 fully saturated rings. The van der Waals surface area contributed by atoms with Crippen molar-refractivity contribution in [2.45, 2.75) is 84.1 Å². The zero-order valence-corrected chi connectivity index (χ0v) is 18.9. The number of ether oxygens (including phenoxy) is 1. The summed E-state index contributed by atoms with van der Waals surface area (Å²) in [6, 6.07) is 7.78. The molecule has 0 spiro atoms. The summed E-state index contributed by atoms with van der Waals surface area (Å²) in [4.78, 5) is 12.0. The summed E-state index contributed by atoms with van der Waals surface area (Å²) in [6.45, 7) is 0.490. The first-order chi connectivity index (χ1) is 13.4. The van der Waals surface area contributed by atoms with Crippen molar-refractivity contribution in [3.63, 3.8) is 0 Å². The highest BCUT2D eigenvalue weighted by Crippen LogP contribution is 2.48. The number of rotatable bonds is 16. The van der Waals surface area contributed by atoms with Crippen LogP contribution >= 0.6 is 18.1 Å². The van der Waals surface area contributed by atoms with Gasteiger partial charge in [0.15, 0.2) is 0 Å². The van der Waals surface area contributed by atoms with Gasteiger partial charge in [-0.3, -0.25) is 4.79 Å². The lowest BCUT2D eigenvalue weighted by Gasteiger charge is -2.18. The van der Waals surface area contributed by atoms with Gasteiger partial charge in [-0.25, -0.2) is 9.65 Å². The van der Waals surface area contributed by atoms with Gasteiger partial charge in [0.25, 0.3) is 0 Å². The minimum atomic E-state index is -3.67. The summed E-state index contributed by atoms with van der Waals surface area (Å²) in [5.74, 6) is -0.104. The van der Waals surface area contributed by atoms with Crippen LogP contribution in [0.1, 0.15) is 78.1 Å². The van der Waals surface area contributed by atoms with Gasteiger partial charge in [0.05, 0.1) is 6.61 Å². The van der Waals surface area contributed by atoms with Crippen LogP contribution in [-0.2, 0) is 14.1 Å². The number of halogens is 1. The maximum Gasteiger partial charge on any atom is 0.409 e. The van der Waals surface area contributed by atoms with Crippen molar-refractivity contribution in [3.05, 3.63) is 30.3 Å². The van der Waals surface area contributed by atoms with Crippen LogP contribution in [0.2, 0.25) is 0 Å². The fraction of sp³-hybridized carbons (Fsp3) is 0.667. The number of hydrogen-bond donors (Lipinski definition) is 1. The van der Waals surface area contributed by atoms with E-state index in [1.54, 1.807) is 31.2 Å². The van der Waals surface area contributed by atoms with Crippen molar-refractivity contribution in [2.75, 3.05) is 6.61 Å². The average molecular weight is 432 g/mol. The zero-order valence-electron chi connectivity index (χ0n) is 17.2. The van der Waals surface area contributed by atoms with Crippen molar-refractivity contribution in [3.8, 4) is 5.75 Å².